The fraction of sp³-hybridized carbons (Fsp3) is 0.529. The molecule has 0 unspecified atom stereocenters. The Morgan fingerprint density at radius 1 is 1.17 bits per heavy atom. The summed E-state index contributed by atoms with van der Waals surface area (Å²) in [6, 6.07) is 5.47. The number of rotatable bonds is 5. The standard InChI is InChI=1S/C17H21NO5/c1-9(2)15(18-16(19)11-8-12(11)17(20)21)10-3-4-13-14(7-10)23-6-5-22-13/h3-4,7,9,11-12,15H,5-6,8H2,1-2H3,(H,18,19)(H,20,21)/t11-,12-,15-/m0/s1. The second-order valence-electron chi connectivity index (χ2n) is 6.42. The number of ether oxygens (including phenoxy) is 2. The highest BCUT2D eigenvalue weighted by Crippen LogP contribution is 2.40. The van der Waals surface area contributed by atoms with Gasteiger partial charge in [0.25, 0.3) is 0 Å². The third kappa shape index (κ3) is 3.25. The minimum absolute atomic E-state index is 0.170. The van der Waals surface area contributed by atoms with Gasteiger partial charge in [-0.2, -0.15) is 0 Å². The molecule has 1 heterocycles. The summed E-state index contributed by atoms with van der Waals surface area (Å²) in [6.45, 7) is 5.08. The minimum atomic E-state index is -0.898. The quantitative estimate of drug-likeness (QED) is 0.867. The van der Waals surface area contributed by atoms with Crippen LogP contribution < -0.4 is 14.8 Å². The average molecular weight is 319 g/mol. The second-order valence-corrected chi connectivity index (χ2v) is 6.42. The van der Waals surface area contributed by atoms with E-state index in [2.05, 4.69) is 5.32 Å². The highest BCUT2D eigenvalue weighted by Gasteiger charge is 2.48. The van der Waals surface area contributed by atoms with Gasteiger partial charge in [-0.3, -0.25) is 9.59 Å². The van der Waals surface area contributed by atoms with Gasteiger partial charge in [0, 0.05) is 0 Å². The minimum Gasteiger partial charge on any atom is -0.486 e. The molecule has 0 radical (unpaired) electrons. The van der Waals surface area contributed by atoms with Crippen LogP contribution in [0.15, 0.2) is 18.2 Å². The van der Waals surface area contributed by atoms with Gasteiger partial charge in [0.05, 0.1) is 17.9 Å². The van der Waals surface area contributed by atoms with Gasteiger partial charge in [0.2, 0.25) is 5.91 Å². The SMILES string of the molecule is CC(C)[C@H](NC(=O)[C@H]1C[C@@H]1C(=O)O)c1ccc2c(c1)OCCO2. The molecule has 0 bridgehead atoms. The number of benzene rings is 1. The van der Waals surface area contributed by atoms with E-state index < -0.39 is 17.8 Å². The van der Waals surface area contributed by atoms with Gasteiger partial charge in [-0.1, -0.05) is 19.9 Å². The summed E-state index contributed by atoms with van der Waals surface area (Å²) >= 11 is 0. The summed E-state index contributed by atoms with van der Waals surface area (Å²) < 4.78 is 11.1. The molecule has 0 spiro atoms. The topological polar surface area (TPSA) is 84.9 Å². The first-order valence-corrected chi connectivity index (χ1v) is 7.90. The summed E-state index contributed by atoms with van der Waals surface area (Å²) in [6.07, 6.45) is 0.424. The van der Waals surface area contributed by atoms with Gasteiger partial charge < -0.3 is 19.9 Å². The van der Waals surface area contributed by atoms with Crippen molar-refractivity contribution in [3.8, 4) is 11.5 Å². The van der Waals surface area contributed by atoms with Crippen molar-refractivity contribution in [2.45, 2.75) is 26.3 Å². The molecule has 2 aliphatic rings. The van der Waals surface area contributed by atoms with Crippen molar-refractivity contribution in [3.63, 3.8) is 0 Å². The van der Waals surface area contributed by atoms with Crippen LogP contribution in [0.5, 0.6) is 11.5 Å². The first kappa shape index (κ1) is 15.6. The molecule has 1 aliphatic heterocycles. The number of carbonyl (C=O) groups excluding carboxylic acids is 1. The maximum absolute atomic E-state index is 12.3. The molecule has 1 amide bonds. The number of hydrogen-bond acceptors (Lipinski definition) is 4. The Hall–Kier alpha value is -2.24. The molecule has 6 heteroatoms. The highest BCUT2D eigenvalue weighted by molar-refractivity contribution is 5.89. The Morgan fingerprint density at radius 2 is 1.87 bits per heavy atom. The molecule has 1 aromatic carbocycles. The van der Waals surface area contributed by atoms with E-state index in [-0.39, 0.29) is 17.9 Å². The van der Waals surface area contributed by atoms with E-state index in [1.54, 1.807) is 0 Å². The van der Waals surface area contributed by atoms with Gasteiger partial charge in [-0.25, -0.2) is 0 Å². The molecule has 23 heavy (non-hydrogen) atoms. The first-order chi connectivity index (χ1) is 11.0. The van der Waals surface area contributed by atoms with Crippen LogP contribution in [0.4, 0.5) is 0 Å². The van der Waals surface area contributed by atoms with E-state index in [0.717, 1.165) is 5.56 Å². The van der Waals surface area contributed by atoms with E-state index in [0.29, 0.717) is 31.1 Å². The van der Waals surface area contributed by atoms with Crippen LogP contribution in [0.3, 0.4) is 0 Å². The molecule has 0 saturated heterocycles. The highest BCUT2D eigenvalue weighted by atomic mass is 16.6. The van der Waals surface area contributed by atoms with Crippen LogP contribution in [0.2, 0.25) is 0 Å². The maximum Gasteiger partial charge on any atom is 0.307 e. The normalized spacial score (nSPS) is 23.3. The molecular weight excluding hydrogens is 298 g/mol. The fourth-order valence-electron chi connectivity index (χ4n) is 2.91. The van der Waals surface area contributed by atoms with Crippen molar-refractivity contribution in [2.24, 2.45) is 17.8 Å². The summed E-state index contributed by atoms with van der Waals surface area (Å²) in [5.74, 6) is -0.473. The van der Waals surface area contributed by atoms with E-state index >= 15 is 0 Å². The van der Waals surface area contributed by atoms with Gasteiger partial charge in [0.15, 0.2) is 11.5 Å². The summed E-state index contributed by atoms with van der Waals surface area (Å²) in [5, 5.41) is 11.9. The van der Waals surface area contributed by atoms with Gasteiger partial charge in [-0.15, -0.1) is 0 Å². The number of nitrogens with one attached hydrogen (secondary N) is 1. The summed E-state index contributed by atoms with van der Waals surface area (Å²) in [4.78, 5) is 23.2. The molecule has 6 nitrogen and oxygen atoms in total. The van der Waals surface area contributed by atoms with Crippen molar-refractivity contribution in [1.82, 2.24) is 5.32 Å². The smallest absolute Gasteiger partial charge is 0.307 e. The van der Waals surface area contributed by atoms with Crippen LogP contribution in [0.1, 0.15) is 31.9 Å². The van der Waals surface area contributed by atoms with Crippen molar-refractivity contribution >= 4 is 11.9 Å². The zero-order valence-corrected chi connectivity index (χ0v) is 13.2. The zero-order valence-electron chi connectivity index (χ0n) is 13.2. The lowest BCUT2D eigenvalue weighted by molar-refractivity contribution is -0.140. The second kappa shape index (κ2) is 6.10. The first-order valence-electron chi connectivity index (χ1n) is 7.90. The number of aliphatic carboxylic acids is 1. The third-order valence-corrected chi connectivity index (χ3v) is 4.33. The lowest BCUT2D eigenvalue weighted by Crippen LogP contribution is -2.33. The maximum atomic E-state index is 12.3. The van der Waals surface area contributed by atoms with Crippen molar-refractivity contribution in [2.75, 3.05) is 13.2 Å². The van der Waals surface area contributed by atoms with Gasteiger partial charge >= 0.3 is 5.97 Å². The zero-order chi connectivity index (χ0) is 16.6. The van der Waals surface area contributed by atoms with Crippen molar-refractivity contribution in [1.29, 1.82) is 0 Å². The number of carboxylic acid groups (broad SMARTS) is 1. The molecule has 3 rings (SSSR count). The predicted molar refractivity (Wildman–Crippen MR) is 82.4 cm³/mol. The molecular formula is C17H21NO5. The van der Waals surface area contributed by atoms with Crippen molar-refractivity contribution in [3.05, 3.63) is 23.8 Å². The van der Waals surface area contributed by atoms with E-state index in [1.807, 2.05) is 32.0 Å². The fourth-order valence-corrected chi connectivity index (χ4v) is 2.91. The average Bonchev–Trinajstić information content (AvgIpc) is 3.32. The molecule has 3 atom stereocenters. The van der Waals surface area contributed by atoms with E-state index in [9.17, 15) is 9.59 Å². The molecule has 1 aromatic rings. The lowest BCUT2D eigenvalue weighted by Gasteiger charge is -2.25. The number of fused-ring (bicyclic) bond motifs is 1. The Morgan fingerprint density at radius 3 is 2.48 bits per heavy atom. The Kier molecular flexibility index (Phi) is 4.15. The number of amides is 1. The number of hydrogen-bond donors (Lipinski definition) is 2. The van der Waals surface area contributed by atoms with E-state index in [4.69, 9.17) is 14.6 Å². The van der Waals surface area contributed by atoms with Crippen molar-refractivity contribution < 1.29 is 24.2 Å². The van der Waals surface area contributed by atoms with Gasteiger partial charge in [-0.05, 0) is 30.0 Å². The summed E-state index contributed by atoms with van der Waals surface area (Å²) in [7, 11) is 0. The molecule has 1 saturated carbocycles. The Balaban J connectivity index is 1.74. The van der Waals surface area contributed by atoms with Gasteiger partial charge in [0.1, 0.15) is 13.2 Å². The molecule has 1 aliphatic carbocycles. The Bertz CT molecular complexity index is 627. The molecule has 124 valence electrons. The molecule has 0 aromatic heterocycles. The number of carboxylic acids is 1. The monoisotopic (exact) mass is 319 g/mol. The summed E-state index contributed by atoms with van der Waals surface area (Å²) in [5.41, 5.74) is 0.935. The van der Waals surface area contributed by atoms with E-state index in [1.165, 1.54) is 0 Å². The van der Waals surface area contributed by atoms with Crippen LogP contribution in [-0.2, 0) is 9.59 Å². The Labute approximate surface area is 134 Å². The largest absolute Gasteiger partial charge is 0.486 e. The van der Waals surface area contributed by atoms with Crippen LogP contribution in [0.25, 0.3) is 0 Å². The number of carbonyl (C=O) groups is 2. The predicted octanol–water partition coefficient (Wildman–Crippen LogP) is 1.99. The van der Waals surface area contributed by atoms with Crippen LogP contribution in [-0.4, -0.2) is 30.2 Å². The molecule has 2 N–H and O–H groups in total. The van der Waals surface area contributed by atoms with Crippen LogP contribution >= 0.6 is 0 Å². The third-order valence-electron chi connectivity index (χ3n) is 4.33. The lowest BCUT2D eigenvalue weighted by atomic mass is 9.95. The molecule has 1 fully saturated rings. The van der Waals surface area contributed by atoms with Crippen LogP contribution in [0, 0.1) is 17.8 Å².